The molecule has 0 bridgehead atoms. The van der Waals surface area contributed by atoms with E-state index >= 15 is 0 Å². The van der Waals surface area contributed by atoms with E-state index in [1.807, 2.05) is 0 Å². The molecule has 0 fully saturated rings. The molecule has 0 spiro atoms. The maximum atomic E-state index is 12.5. The van der Waals surface area contributed by atoms with Crippen LogP contribution < -0.4 is 14.8 Å². The molecule has 7 nitrogen and oxygen atoms in total. The van der Waals surface area contributed by atoms with Gasteiger partial charge < -0.3 is 10.1 Å². The number of rotatable bonds is 7. The number of aromatic nitrogens is 1. The van der Waals surface area contributed by atoms with Crippen LogP contribution in [0.4, 0.5) is 11.4 Å². The van der Waals surface area contributed by atoms with Gasteiger partial charge >= 0.3 is 0 Å². The Morgan fingerprint density at radius 3 is 1.97 bits per heavy atom. The van der Waals surface area contributed by atoms with E-state index in [0.717, 1.165) is 0 Å². The van der Waals surface area contributed by atoms with Crippen LogP contribution in [0.5, 0.6) is 11.5 Å². The van der Waals surface area contributed by atoms with Crippen molar-refractivity contribution in [1.82, 2.24) is 4.98 Å². The molecule has 32 heavy (non-hydrogen) atoms. The normalized spacial score (nSPS) is 10.9. The van der Waals surface area contributed by atoms with Crippen LogP contribution in [0.2, 0.25) is 0 Å². The second-order valence-corrected chi connectivity index (χ2v) is 8.44. The molecule has 0 aliphatic carbocycles. The fourth-order valence-corrected chi connectivity index (χ4v) is 3.93. The van der Waals surface area contributed by atoms with E-state index in [0.29, 0.717) is 28.4 Å². The molecule has 4 aromatic rings. The zero-order valence-electron chi connectivity index (χ0n) is 16.8. The van der Waals surface area contributed by atoms with Crippen LogP contribution in [0, 0.1) is 0 Å². The molecular weight excluding hydrogens is 426 g/mol. The third-order valence-electron chi connectivity index (χ3n) is 4.45. The predicted molar refractivity (Wildman–Crippen MR) is 122 cm³/mol. The van der Waals surface area contributed by atoms with Crippen LogP contribution in [0.25, 0.3) is 0 Å². The lowest BCUT2D eigenvalue weighted by Gasteiger charge is -2.10. The first-order chi connectivity index (χ1) is 15.5. The summed E-state index contributed by atoms with van der Waals surface area (Å²) in [6, 6.07) is 24.7. The Bertz CT molecular complexity index is 1290. The van der Waals surface area contributed by atoms with E-state index in [2.05, 4.69) is 15.0 Å². The minimum atomic E-state index is -3.69. The number of sulfonamides is 1. The number of hydrogen-bond donors (Lipinski definition) is 2. The molecule has 0 radical (unpaired) electrons. The van der Waals surface area contributed by atoms with Crippen LogP contribution in [-0.4, -0.2) is 19.3 Å². The first kappa shape index (κ1) is 21.1. The summed E-state index contributed by atoms with van der Waals surface area (Å²) in [5.41, 5.74) is 1.36. The van der Waals surface area contributed by atoms with Gasteiger partial charge in [0.05, 0.1) is 4.90 Å². The van der Waals surface area contributed by atoms with E-state index in [1.165, 1.54) is 12.1 Å². The standard InChI is InChI=1S/C24H19N3O4S/c28-24(26-19-10-12-21(13-11-19)31-22-14-16-25-17-15-22)18-6-8-20(9-7-18)27-32(29,30)23-4-2-1-3-5-23/h1-17,27H,(H,26,28). The molecule has 0 unspecified atom stereocenters. The summed E-state index contributed by atoms with van der Waals surface area (Å²) in [6.45, 7) is 0. The molecular formula is C24H19N3O4S. The minimum Gasteiger partial charge on any atom is -0.457 e. The monoisotopic (exact) mass is 445 g/mol. The van der Waals surface area contributed by atoms with Gasteiger partial charge in [-0.15, -0.1) is 0 Å². The number of hydrogen-bond acceptors (Lipinski definition) is 5. The highest BCUT2D eigenvalue weighted by molar-refractivity contribution is 7.92. The second kappa shape index (κ2) is 9.32. The van der Waals surface area contributed by atoms with Crippen molar-refractivity contribution in [2.75, 3.05) is 10.0 Å². The van der Waals surface area contributed by atoms with Gasteiger partial charge in [0.15, 0.2) is 0 Å². The second-order valence-electron chi connectivity index (χ2n) is 6.76. The van der Waals surface area contributed by atoms with Gasteiger partial charge in [-0.05, 0) is 72.8 Å². The third kappa shape index (κ3) is 5.30. The summed E-state index contributed by atoms with van der Waals surface area (Å²) in [5.74, 6) is 0.981. The largest absolute Gasteiger partial charge is 0.457 e. The maximum absolute atomic E-state index is 12.5. The summed E-state index contributed by atoms with van der Waals surface area (Å²) in [4.78, 5) is 16.6. The van der Waals surface area contributed by atoms with Crippen molar-refractivity contribution in [3.63, 3.8) is 0 Å². The van der Waals surface area contributed by atoms with Crippen LogP contribution >= 0.6 is 0 Å². The summed E-state index contributed by atoms with van der Waals surface area (Å²) < 4.78 is 33.0. The quantitative estimate of drug-likeness (QED) is 0.421. The van der Waals surface area contributed by atoms with Crippen molar-refractivity contribution < 1.29 is 17.9 Å². The number of nitrogens with zero attached hydrogens (tertiary/aromatic N) is 1. The van der Waals surface area contributed by atoms with Crippen molar-refractivity contribution in [1.29, 1.82) is 0 Å². The Labute approximate surface area is 185 Å². The Balaban J connectivity index is 1.37. The molecule has 8 heteroatoms. The minimum absolute atomic E-state index is 0.165. The van der Waals surface area contributed by atoms with Gasteiger partial charge in [0, 0.05) is 29.3 Å². The van der Waals surface area contributed by atoms with Crippen LogP contribution in [0.1, 0.15) is 10.4 Å². The van der Waals surface area contributed by atoms with Gasteiger partial charge in [-0.25, -0.2) is 8.42 Å². The number of anilines is 2. The lowest BCUT2D eigenvalue weighted by atomic mass is 10.2. The van der Waals surface area contributed by atoms with E-state index in [4.69, 9.17) is 4.74 Å². The molecule has 0 saturated carbocycles. The Hall–Kier alpha value is -4.17. The van der Waals surface area contributed by atoms with Gasteiger partial charge in [0.25, 0.3) is 15.9 Å². The van der Waals surface area contributed by atoms with Crippen molar-refractivity contribution in [3.8, 4) is 11.5 Å². The molecule has 1 heterocycles. The number of carbonyl (C=O) groups excluding carboxylic acids is 1. The molecule has 0 aliphatic heterocycles. The van der Waals surface area contributed by atoms with Crippen LogP contribution in [0.3, 0.4) is 0 Å². The summed E-state index contributed by atoms with van der Waals surface area (Å²) >= 11 is 0. The van der Waals surface area contributed by atoms with Crippen LogP contribution in [0.15, 0.2) is 108 Å². The highest BCUT2D eigenvalue weighted by Crippen LogP contribution is 2.23. The summed E-state index contributed by atoms with van der Waals surface area (Å²) in [6.07, 6.45) is 3.28. The topological polar surface area (TPSA) is 97.4 Å². The highest BCUT2D eigenvalue weighted by atomic mass is 32.2. The number of amides is 1. The molecule has 4 rings (SSSR count). The first-order valence-corrected chi connectivity index (χ1v) is 11.2. The molecule has 2 N–H and O–H groups in total. The van der Waals surface area contributed by atoms with Crippen molar-refractivity contribution in [2.45, 2.75) is 4.90 Å². The summed E-state index contributed by atoms with van der Waals surface area (Å²) in [7, 11) is -3.69. The van der Waals surface area contributed by atoms with Crippen molar-refractivity contribution in [3.05, 3.63) is 109 Å². The third-order valence-corrected chi connectivity index (χ3v) is 5.85. The van der Waals surface area contributed by atoms with Crippen molar-refractivity contribution >= 4 is 27.3 Å². The van der Waals surface area contributed by atoms with Crippen molar-refractivity contribution in [2.24, 2.45) is 0 Å². The van der Waals surface area contributed by atoms with E-state index < -0.39 is 10.0 Å². The Kier molecular flexibility index (Phi) is 6.14. The molecule has 0 aliphatic rings. The number of nitrogens with one attached hydrogen (secondary N) is 2. The van der Waals surface area contributed by atoms with Gasteiger partial charge in [0.2, 0.25) is 0 Å². The number of pyridine rings is 1. The molecule has 3 aromatic carbocycles. The molecule has 1 aromatic heterocycles. The zero-order valence-corrected chi connectivity index (χ0v) is 17.6. The average Bonchev–Trinajstić information content (AvgIpc) is 2.82. The Morgan fingerprint density at radius 2 is 1.31 bits per heavy atom. The van der Waals surface area contributed by atoms with Gasteiger partial charge in [-0.2, -0.15) is 0 Å². The molecule has 0 atom stereocenters. The highest BCUT2D eigenvalue weighted by Gasteiger charge is 2.14. The Morgan fingerprint density at radius 1 is 0.719 bits per heavy atom. The predicted octanol–water partition coefficient (Wildman–Crippen LogP) is 4.93. The van der Waals surface area contributed by atoms with E-state index in [1.54, 1.807) is 91.3 Å². The lowest BCUT2D eigenvalue weighted by molar-refractivity contribution is 0.102. The van der Waals surface area contributed by atoms with Gasteiger partial charge in [-0.1, -0.05) is 18.2 Å². The zero-order chi connectivity index (χ0) is 22.4. The smallest absolute Gasteiger partial charge is 0.261 e. The fraction of sp³-hybridized carbons (Fsp3) is 0. The van der Waals surface area contributed by atoms with Gasteiger partial charge in [0.1, 0.15) is 11.5 Å². The number of carbonyl (C=O) groups is 1. The van der Waals surface area contributed by atoms with E-state index in [-0.39, 0.29) is 10.8 Å². The first-order valence-electron chi connectivity index (χ1n) is 9.67. The maximum Gasteiger partial charge on any atom is 0.261 e. The SMILES string of the molecule is O=C(Nc1ccc(Oc2ccncc2)cc1)c1ccc(NS(=O)(=O)c2ccccc2)cc1. The average molecular weight is 446 g/mol. The molecule has 1 amide bonds. The summed E-state index contributed by atoms with van der Waals surface area (Å²) in [5, 5.41) is 2.80. The molecule has 0 saturated heterocycles. The molecule has 160 valence electrons. The van der Waals surface area contributed by atoms with Gasteiger partial charge in [-0.3, -0.25) is 14.5 Å². The number of benzene rings is 3. The van der Waals surface area contributed by atoms with Crippen LogP contribution in [-0.2, 0) is 10.0 Å². The fourth-order valence-electron chi connectivity index (χ4n) is 2.86. The lowest BCUT2D eigenvalue weighted by Crippen LogP contribution is -2.14. The number of ether oxygens (including phenoxy) is 1. The van der Waals surface area contributed by atoms with E-state index in [9.17, 15) is 13.2 Å².